The van der Waals surface area contributed by atoms with Gasteiger partial charge in [0.25, 0.3) is 0 Å². The number of rotatable bonds is 6. The Kier molecular flexibility index (Phi) is 6.10. The molecule has 2 unspecified atom stereocenters. The fourth-order valence-electron chi connectivity index (χ4n) is 2.54. The highest BCUT2D eigenvalue weighted by Gasteiger charge is 2.40. The molecule has 3 nitrogen and oxygen atoms in total. The van der Waals surface area contributed by atoms with Crippen molar-refractivity contribution >= 4 is 7.60 Å². The first kappa shape index (κ1) is 15.9. The van der Waals surface area contributed by atoms with Crippen LogP contribution in [0.1, 0.15) is 47.5 Å². The average molecular weight is 274 g/mol. The van der Waals surface area contributed by atoms with Crippen molar-refractivity contribution in [1.82, 2.24) is 0 Å². The van der Waals surface area contributed by atoms with Crippen LogP contribution in [0.25, 0.3) is 0 Å². The maximum Gasteiger partial charge on any atom is 0.337 e. The molecule has 0 fully saturated rings. The normalized spacial score (nSPS) is 25.3. The van der Waals surface area contributed by atoms with E-state index in [-0.39, 0.29) is 5.66 Å². The van der Waals surface area contributed by atoms with Gasteiger partial charge in [0.15, 0.2) is 0 Å². The van der Waals surface area contributed by atoms with Gasteiger partial charge in [-0.3, -0.25) is 4.57 Å². The standard InChI is InChI=1S/C14H27O3P/c1-6-16-18(15,17-7-2)14-10-13(11(3)4)9-8-12(14)5/h8,11,13-14H,6-7,9-10H2,1-5H3. The van der Waals surface area contributed by atoms with Crippen LogP contribution in [-0.2, 0) is 13.6 Å². The summed E-state index contributed by atoms with van der Waals surface area (Å²) in [4.78, 5) is 0. The van der Waals surface area contributed by atoms with Crippen LogP contribution in [-0.4, -0.2) is 18.9 Å². The maximum absolute atomic E-state index is 12.9. The molecule has 4 heteroatoms. The lowest BCUT2D eigenvalue weighted by molar-refractivity contribution is 0.206. The van der Waals surface area contributed by atoms with Crippen LogP contribution in [0.15, 0.2) is 11.6 Å². The lowest BCUT2D eigenvalue weighted by Gasteiger charge is -2.34. The van der Waals surface area contributed by atoms with Crippen LogP contribution in [0.2, 0.25) is 0 Å². The van der Waals surface area contributed by atoms with E-state index in [4.69, 9.17) is 9.05 Å². The van der Waals surface area contributed by atoms with E-state index in [9.17, 15) is 4.57 Å². The summed E-state index contributed by atoms with van der Waals surface area (Å²) in [7, 11) is -3.00. The molecule has 18 heavy (non-hydrogen) atoms. The van der Waals surface area contributed by atoms with Crippen LogP contribution in [0.3, 0.4) is 0 Å². The predicted octanol–water partition coefficient (Wildman–Crippen LogP) is 4.63. The second-order valence-electron chi connectivity index (χ2n) is 5.31. The van der Waals surface area contributed by atoms with Crippen molar-refractivity contribution in [3.63, 3.8) is 0 Å². The summed E-state index contributed by atoms with van der Waals surface area (Å²) in [5.41, 5.74) is 1.11. The van der Waals surface area contributed by atoms with E-state index >= 15 is 0 Å². The molecule has 1 rings (SSSR count). The smallest absolute Gasteiger partial charge is 0.308 e. The minimum atomic E-state index is -3.00. The highest BCUT2D eigenvalue weighted by molar-refractivity contribution is 7.55. The largest absolute Gasteiger partial charge is 0.337 e. The molecule has 0 amide bonds. The van der Waals surface area contributed by atoms with Crippen molar-refractivity contribution in [1.29, 1.82) is 0 Å². The second kappa shape index (κ2) is 6.88. The summed E-state index contributed by atoms with van der Waals surface area (Å²) in [6.45, 7) is 11.1. The minimum absolute atomic E-state index is 0.0569. The fourth-order valence-corrected chi connectivity index (χ4v) is 4.83. The van der Waals surface area contributed by atoms with E-state index in [2.05, 4.69) is 19.9 Å². The average Bonchev–Trinajstić information content (AvgIpc) is 2.29. The molecule has 0 bridgehead atoms. The van der Waals surface area contributed by atoms with Crippen molar-refractivity contribution in [2.75, 3.05) is 13.2 Å². The topological polar surface area (TPSA) is 35.5 Å². The molecule has 0 spiro atoms. The Hall–Kier alpha value is -0.110. The molecule has 0 aliphatic heterocycles. The van der Waals surface area contributed by atoms with E-state index in [1.807, 2.05) is 20.8 Å². The van der Waals surface area contributed by atoms with Gasteiger partial charge in [-0.1, -0.05) is 25.5 Å². The van der Waals surface area contributed by atoms with Crippen LogP contribution >= 0.6 is 7.60 Å². The second-order valence-corrected chi connectivity index (χ2v) is 7.53. The van der Waals surface area contributed by atoms with Crippen molar-refractivity contribution in [2.45, 2.75) is 53.1 Å². The van der Waals surface area contributed by atoms with Crippen LogP contribution < -0.4 is 0 Å². The van der Waals surface area contributed by atoms with Crippen molar-refractivity contribution < 1.29 is 13.6 Å². The van der Waals surface area contributed by atoms with Gasteiger partial charge in [-0.2, -0.15) is 0 Å². The Morgan fingerprint density at radius 3 is 2.33 bits per heavy atom. The molecule has 0 saturated carbocycles. The maximum atomic E-state index is 12.9. The Morgan fingerprint density at radius 1 is 1.33 bits per heavy atom. The Morgan fingerprint density at radius 2 is 1.89 bits per heavy atom. The molecule has 1 aliphatic rings. The summed E-state index contributed by atoms with van der Waals surface area (Å²) in [6.07, 6.45) is 4.21. The van der Waals surface area contributed by atoms with Gasteiger partial charge in [-0.15, -0.1) is 0 Å². The Balaban J connectivity index is 2.92. The van der Waals surface area contributed by atoms with E-state index in [0.717, 1.165) is 18.4 Å². The summed E-state index contributed by atoms with van der Waals surface area (Å²) < 4.78 is 23.9. The summed E-state index contributed by atoms with van der Waals surface area (Å²) in [5.74, 6) is 1.18. The van der Waals surface area contributed by atoms with Crippen molar-refractivity contribution in [2.24, 2.45) is 11.8 Å². The third kappa shape index (κ3) is 3.69. The molecule has 2 atom stereocenters. The van der Waals surface area contributed by atoms with Gasteiger partial charge < -0.3 is 9.05 Å². The zero-order chi connectivity index (χ0) is 13.8. The van der Waals surface area contributed by atoms with Gasteiger partial charge in [0, 0.05) is 0 Å². The number of hydrogen-bond donors (Lipinski definition) is 0. The third-order valence-corrected chi connectivity index (χ3v) is 6.35. The van der Waals surface area contributed by atoms with Gasteiger partial charge in [-0.05, 0) is 45.4 Å². The molecule has 0 aromatic heterocycles. The monoisotopic (exact) mass is 274 g/mol. The zero-order valence-corrected chi connectivity index (χ0v) is 13.2. The molecule has 0 saturated heterocycles. The van der Waals surface area contributed by atoms with Gasteiger partial charge in [0.1, 0.15) is 0 Å². The van der Waals surface area contributed by atoms with E-state index in [1.54, 1.807) is 0 Å². The Labute approximate surface area is 111 Å². The van der Waals surface area contributed by atoms with Crippen LogP contribution in [0.4, 0.5) is 0 Å². The lowest BCUT2D eigenvalue weighted by atomic mass is 9.82. The molecule has 0 aromatic carbocycles. The fraction of sp³-hybridized carbons (Fsp3) is 0.857. The molecule has 0 N–H and O–H groups in total. The first-order valence-electron chi connectivity index (χ1n) is 7.00. The summed E-state index contributed by atoms with van der Waals surface area (Å²) in [5, 5.41) is 0. The Bertz CT molecular complexity index is 326. The van der Waals surface area contributed by atoms with Gasteiger partial charge in [-0.25, -0.2) is 0 Å². The SMILES string of the molecule is CCOP(=O)(OCC)C1CC(C(C)C)CC=C1C. The summed E-state index contributed by atoms with van der Waals surface area (Å²) in [6, 6.07) is 0. The van der Waals surface area contributed by atoms with Gasteiger partial charge in [0.05, 0.1) is 18.9 Å². The highest BCUT2D eigenvalue weighted by atomic mass is 31.2. The predicted molar refractivity (Wildman–Crippen MR) is 76.0 cm³/mol. The lowest BCUT2D eigenvalue weighted by Crippen LogP contribution is -2.25. The quantitative estimate of drug-likeness (QED) is 0.523. The van der Waals surface area contributed by atoms with E-state index < -0.39 is 7.60 Å². The molecule has 106 valence electrons. The van der Waals surface area contributed by atoms with Crippen LogP contribution in [0, 0.1) is 11.8 Å². The zero-order valence-electron chi connectivity index (χ0n) is 12.3. The van der Waals surface area contributed by atoms with Crippen molar-refractivity contribution in [3.05, 3.63) is 11.6 Å². The molecule has 1 aliphatic carbocycles. The first-order chi connectivity index (χ1) is 8.44. The van der Waals surface area contributed by atoms with Gasteiger partial charge in [0.2, 0.25) is 0 Å². The molecule has 0 radical (unpaired) electrons. The van der Waals surface area contributed by atoms with E-state index in [0.29, 0.717) is 25.0 Å². The number of allylic oxidation sites excluding steroid dienone is 2. The van der Waals surface area contributed by atoms with E-state index in [1.165, 1.54) is 0 Å². The number of hydrogen-bond acceptors (Lipinski definition) is 3. The van der Waals surface area contributed by atoms with Crippen molar-refractivity contribution in [3.8, 4) is 0 Å². The van der Waals surface area contributed by atoms with Crippen LogP contribution in [0.5, 0.6) is 0 Å². The molecule has 0 aromatic rings. The minimum Gasteiger partial charge on any atom is -0.308 e. The first-order valence-corrected chi connectivity index (χ1v) is 8.61. The molecular formula is C14H27O3P. The molecular weight excluding hydrogens is 247 g/mol. The van der Waals surface area contributed by atoms with Gasteiger partial charge >= 0.3 is 7.60 Å². The summed E-state index contributed by atoms with van der Waals surface area (Å²) >= 11 is 0. The third-order valence-electron chi connectivity index (χ3n) is 3.74. The highest BCUT2D eigenvalue weighted by Crippen LogP contribution is 2.59. The molecule has 0 heterocycles.